The number of rotatable bonds is 1. The second-order valence-corrected chi connectivity index (χ2v) is 7.06. The van der Waals surface area contributed by atoms with Gasteiger partial charge in [0.05, 0.1) is 6.10 Å². The van der Waals surface area contributed by atoms with Crippen molar-refractivity contribution in [3.8, 4) is 0 Å². The molecule has 0 radical (unpaired) electrons. The maximum absolute atomic E-state index is 11.8. The first-order valence-electron chi connectivity index (χ1n) is 7.00. The molecule has 0 saturated heterocycles. The lowest BCUT2D eigenvalue weighted by atomic mass is 9.58. The van der Waals surface area contributed by atoms with E-state index in [-0.39, 0.29) is 41.0 Å². The average Bonchev–Trinajstić information content (AvgIpc) is 2.99. The number of hydrogen-bond acceptors (Lipinski definition) is 4. The third-order valence-electron chi connectivity index (χ3n) is 6.19. The van der Waals surface area contributed by atoms with Crippen LogP contribution >= 0.6 is 0 Å². The molecule has 3 aliphatic carbocycles. The summed E-state index contributed by atoms with van der Waals surface area (Å²) in [7, 11) is 0. The van der Waals surface area contributed by atoms with Crippen LogP contribution in [-0.4, -0.2) is 39.9 Å². The molecule has 1 unspecified atom stereocenters. The highest BCUT2D eigenvalue weighted by Crippen LogP contribution is 2.74. The molecule has 0 aromatic carbocycles. The number of ketones is 1. The van der Waals surface area contributed by atoms with Gasteiger partial charge in [-0.3, -0.25) is 4.79 Å². The molecule has 19 heavy (non-hydrogen) atoms. The largest absolute Gasteiger partial charge is 0.396 e. The summed E-state index contributed by atoms with van der Waals surface area (Å²) in [5.41, 5.74) is 0.0239. The molecule has 3 aliphatic rings. The Labute approximate surface area is 113 Å². The quantitative estimate of drug-likeness (QED) is 0.646. The summed E-state index contributed by atoms with van der Waals surface area (Å²) in [4.78, 5) is 11.8. The maximum Gasteiger partial charge on any atom is 0.156 e. The third-order valence-corrected chi connectivity index (χ3v) is 6.19. The Morgan fingerprint density at radius 1 is 1.37 bits per heavy atom. The van der Waals surface area contributed by atoms with Crippen molar-refractivity contribution in [1.82, 2.24) is 0 Å². The molecular formula is C15H22O4. The molecule has 4 heteroatoms. The number of fused-ring (bicyclic) bond motifs is 3. The summed E-state index contributed by atoms with van der Waals surface area (Å²) in [6, 6.07) is 0. The smallest absolute Gasteiger partial charge is 0.156 e. The van der Waals surface area contributed by atoms with Crippen molar-refractivity contribution in [3.63, 3.8) is 0 Å². The molecule has 0 heterocycles. The zero-order valence-electron chi connectivity index (χ0n) is 11.6. The molecule has 3 rings (SSSR count). The number of carbonyl (C=O) groups excluding carboxylic acids is 1. The first-order chi connectivity index (χ1) is 8.78. The number of hydrogen-bond donors (Lipinski definition) is 3. The van der Waals surface area contributed by atoms with E-state index >= 15 is 0 Å². The molecule has 0 aromatic heterocycles. The average molecular weight is 266 g/mol. The Kier molecular flexibility index (Phi) is 2.58. The number of aliphatic hydroxyl groups is 3. The second-order valence-electron chi connectivity index (χ2n) is 7.06. The van der Waals surface area contributed by atoms with Gasteiger partial charge in [0.15, 0.2) is 5.78 Å². The van der Waals surface area contributed by atoms with Gasteiger partial charge in [-0.25, -0.2) is 0 Å². The van der Waals surface area contributed by atoms with Gasteiger partial charge < -0.3 is 15.3 Å². The SMILES string of the molecule is C[C@@H]1CC(=O)C=C2[C@@H](O)[C@@H](O)[C@@H]3[C@@H](C3(C)CO)[C@]21C. The van der Waals surface area contributed by atoms with Gasteiger partial charge in [-0.2, -0.15) is 0 Å². The van der Waals surface area contributed by atoms with Gasteiger partial charge in [0.25, 0.3) is 0 Å². The van der Waals surface area contributed by atoms with Gasteiger partial charge in [0.2, 0.25) is 0 Å². The van der Waals surface area contributed by atoms with Crippen LogP contribution in [0.3, 0.4) is 0 Å². The molecule has 2 fully saturated rings. The van der Waals surface area contributed by atoms with Crippen LogP contribution in [0.5, 0.6) is 0 Å². The minimum absolute atomic E-state index is 0.00957. The standard InChI is InChI=1S/C15H22O4/c1-7-4-8(17)5-9-11(18)12(19)10-13(15(7,9)3)14(10,2)6-16/h5,7,10-13,16,18-19H,4,6H2,1-3H3/t7-,10-,11-,12+,13+,14?,15+/m1/s1. The van der Waals surface area contributed by atoms with Crippen molar-refractivity contribution in [2.75, 3.05) is 6.61 Å². The van der Waals surface area contributed by atoms with E-state index in [2.05, 4.69) is 6.92 Å². The summed E-state index contributed by atoms with van der Waals surface area (Å²) in [6.07, 6.45) is 0.152. The first kappa shape index (κ1) is 13.3. The number of allylic oxidation sites excluding steroid dienone is 1. The lowest BCUT2D eigenvalue weighted by Gasteiger charge is -2.47. The molecule has 106 valence electrons. The van der Waals surface area contributed by atoms with Gasteiger partial charge in [0.1, 0.15) is 6.10 Å². The number of carbonyl (C=O) groups is 1. The summed E-state index contributed by atoms with van der Waals surface area (Å²) in [5, 5.41) is 30.3. The monoisotopic (exact) mass is 266 g/mol. The van der Waals surface area contributed by atoms with Crippen molar-refractivity contribution in [3.05, 3.63) is 11.6 Å². The van der Waals surface area contributed by atoms with Crippen LogP contribution < -0.4 is 0 Å². The molecule has 0 spiro atoms. The normalized spacial score (nSPS) is 56.2. The van der Waals surface area contributed by atoms with E-state index in [1.165, 1.54) is 6.08 Å². The van der Waals surface area contributed by atoms with Crippen molar-refractivity contribution >= 4 is 5.78 Å². The Bertz CT molecular complexity index is 471. The molecule has 4 nitrogen and oxygen atoms in total. The Morgan fingerprint density at radius 2 is 2.00 bits per heavy atom. The summed E-state index contributed by atoms with van der Waals surface area (Å²) >= 11 is 0. The van der Waals surface area contributed by atoms with E-state index < -0.39 is 12.2 Å². The highest BCUT2D eigenvalue weighted by atomic mass is 16.3. The van der Waals surface area contributed by atoms with Crippen molar-refractivity contribution in [1.29, 1.82) is 0 Å². The molecule has 2 saturated carbocycles. The molecule has 3 N–H and O–H groups in total. The highest BCUT2D eigenvalue weighted by Gasteiger charge is 2.75. The molecule has 0 aromatic rings. The van der Waals surface area contributed by atoms with Crippen LogP contribution in [0.2, 0.25) is 0 Å². The highest BCUT2D eigenvalue weighted by molar-refractivity contribution is 5.92. The fourth-order valence-electron chi connectivity index (χ4n) is 4.91. The predicted octanol–water partition coefficient (Wildman–Crippen LogP) is 0.508. The minimum Gasteiger partial charge on any atom is -0.396 e. The summed E-state index contributed by atoms with van der Waals surface area (Å²) in [5.74, 6) is 0.210. The van der Waals surface area contributed by atoms with Crippen molar-refractivity contribution < 1.29 is 20.1 Å². The molecular weight excluding hydrogens is 244 g/mol. The van der Waals surface area contributed by atoms with E-state index in [1.807, 2.05) is 13.8 Å². The second kappa shape index (κ2) is 3.68. The van der Waals surface area contributed by atoms with E-state index in [0.29, 0.717) is 12.0 Å². The zero-order valence-corrected chi connectivity index (χ0v) is 11.6. The van der Waals surface area contributed by atoms with E-state index in [0.717, 1.165) is 0 Å². The lowest BCUT2D eigenvalue weighted by Crippen LogP contribution is -2.49. The molecule has 0 bridgehead atoms. The van der Waals surface area contributed by atoms with Crippen LogP contribution in [-0.2, 0) is 4.79 Å². The topological polar surface area (TPSA) is 77.8 Å². The fraction of sp³-hybridized carbons (Fsp3) is 0.800. The van der Waals surface area contributed by atoms with E-state index in [1.54, 1.807) is 0 Å². The van der Waals surface area contributed by atoms with Gasteiger partial charge in [-0.15, -0.1) is 0 Å². The first-order valence-corrected chi connectivity index (χ1v) is 7.00. The maximum atomic E-state index is 11.8. The Morgan fingerprint density at radius 3 is 2.58 bits per heavy atom. The van der Waals surface area contributed by atoms with Gasteiger partial charge >= 0.3 is 0 Å². The fourth-order valence-corrected chi connectivity index (χ4v) is 4.91. The van der Waals surface area contributed by atoms with Gasteiger partial charge in [-0.1, -0.05) is 20.8 Å². The molecule has 0 aliphatic heterocycles. The van der Waals surface area contributed by atoms with E-state index in [9.17, 15) is 20.1 Å². The molecule has 0 amide bonds. The van der Waals surface area contributed by atoms with Crippen LogP contribution in [0, 0.1) is 28.6 Å². The van der Waals surface area contributed by atoms with Crippen molar-refractivity contribution in [2.45, 2.75) is 39.4 Å². The van der Waals surface area contributed by atoms with Crippen LogP contribution in [0.1, 0.15) is 27.2 Å². The van der Waals surface area contributed by atoms with Gasteiger partial charge in [-0.05, 0) is 34.8 Å². The summed E-state index contributed by atoms with van der Waals surface area (Å²) in [6.45, 7) is 6.08. The van der Waals surface area contributed by atoms with Crippen LogP contribution in [0.25, 0.3) is 0 Å². The van der Waals surface area contributed by atoms with Gasteiger partial charge in [0, 0.05) is 18.4 Å². The zero-order chi connectivity index (χ0) is 14.2. The Balaban J connectivity index is 2.13. The minimum atomic E-state index is -0.980. The van der Waals surface area contributed by atoms with Crippen LogP contribution in [0.15, 0.2) is 11.6 Å². The third kappa shape index (κ3) is 1.37. The summed E-state index contributed by atoms with van der Waals surface area (Å²) < 4.78 is 0. The van der Waals surface area contributed by atoms with E-state index in [4.69, 9.17) is 0 Å². The lowest BCUT2D eigenvalue weighted by molar-refractivity contribution is -0.118. The van der Waals surface area contributed by atoms with Crippen molar-refractivity contribution in [2.24, 2.45) is 28.6 Å². The van der Waals surface area contributed by atoms with Crippen LogP contribution in [0.4, 0.5) is 0 Å². The number of aliphatic hydroxyl groups excluding tert-OH is 3. The Hall–Kier alpha value is -0.710. The molecule has 7 atom stereocenters. The predicted molar refractivity (Wildman–Crippen MR) is 69.2 cm³/mol.